The molecule has 4 N–H and O–H groups in total. The monoisotopic (exact) mass is 475 g/mol. The third-order valence-corrected chi connectivity index (χ3v) is 6.33. The van der Waals surface area contributed by atoms with E-state index in [0.717, 1.165) is 39.0 Å². The molecule has 0 bridgehead atoms. The molecule has 172 valence electrons. The van der Waals surface area contributed by atoms with Gasteiger partial charge in [-0.25, -0.2) is 0 Å². The summed E-state index contributed by atoms with van der Waals surface area (Å²) in [5.41, 5.74) is 2.78. The Balaban J connectivity index is 1.41. The van der Waals surface area contributed by atoms with E-state index in [9.17, 15) is 22.8 Å². The van der Waals surface area contributed by atoms with Gasteiger partial charge in [-0.3, -0.25) is 14.9 Å². The lowest BCUT2D eigenvalue weighted by Gasteiger charge is -2.16. The molecule has 1 atom stereocenters. The molecule has 1 aliphatic rings. The van der Waals surface area contributed by atoms with Crippen molar-refractivity contribution in [2.45, 2.75) is 32.0 Å². The molecule has 0 aliphatic carbocycles. The van der Waals surface area contributed by atoms with Gasteiger partial charge in [0.05, 0.1) is 29.1 Å². The lowest BCUT2D eigenvalue weighted by molar-refractivity contribution is -0.573. The number of nitrogens with one attached hydrogen (secondary N) is 2. The number of quaternary nitrogens is 1. The summed E-state index contributed by atoms with van der Waals surface area (Å²) in [5.74, 6) is -0.223. The van der Waals surface area contributed by atoms with Crippen molar-refractivity contribution in [3.8, 4) is 10.4 Å². The van der Waals surface area contributed by atoms with Crippen LogP contribution in [0, 0.1) is 0 Å². The topological polar surface area (TPSA) is 87.7 Å². The molecule has 0 radical (unpaired) electrons. The Morgan fingerprint density at radius 1 is 1.24 bits per heavy atom. The Labute approximate surface area is 192 Å². The van der Waals surface area contributed by atoms with Gasteiger partial charge in [-0.2, -0.15) is 18.2 Å². The van der Waals surface area contributed by atoms with Gasteiger partial charge in [-0.15, -0.1) is 0 Å². The van der Waals surface area contributed by atoms with Crippen LogP contribution in [-0.4, -0.2) is 29.4 Å². The molecule has 1 aromatic heterocycles. The molecule has 1 aliphatic heterocycles. The molecule has 2 aromatic carbocycles. The number of anilines is 1. The van der Waals surface area contributed by atoms with Gasteiger partial charge in [0, 0.05) is 12.6 Å². The van der Waals surface area contributed by atoms with E-state index >= 15 is 0 Å². The molecule has 10 heteroatoms. The maximum absolute atomic E-state index is 12.8. The van der Waals surface area contributed by atoms with Crippen molar-refractivity contribution >= 4 is 34.0 Å². The summed E-state index contributed by atoms with van der Waals surface area (Å²) in [7, 11) is 0. The van der Waals surface area contributed by atoms with Crippen molar-refractivity contribution < 1.29 is 28.1 Å². The van der Waals surface area contributed by atoms with Crippen molar-refractivity contribution in [2.75, 3.05) is 11.9 Å². The minimum absolute atomic E-state index is 0.0162. The minimum atomic E-state index is -4.38. The maximum Gasteiger partial charge on any atom is 0.416 e. The van der Waals surface area contributed by atoms with Crippen molar-refractivity contribution in [2.24, 2.45) is 0 Å². The van der Waals surface area contributed by atoms with Gasteiger partial charge < -0.3 is 10.6 Å². The fraction of sp³-hybridized carbons (Fsp3) is 0.261. The molecule has 6 nitrogen and oxygen atoms in total. The molecular weight excluding hydrogens is 453 g/mol. The number of hydrogen-bond acceptors (Lipinski definition) is 4. The third-order valence-electron chi connectivity index (χ3n) is 5.29. The molecule has 1 unspecified atom stereocenters. The number of hydrogen-bond donors (Lipinski definition) is 3. The minimum Gasteiger partial charge on any atom is -0.348 e. The van der Waals surface area contributed by atoms with Gasteiger partial charge >= 0.3 is 6.18 Å². The largest absolute Gasteiger partial charge is 0.416 e. The maximum atomic E-state index is 12.8. The van der Waals surface area contributed by atoms with Gasteiger partial charge in [0.25, 0.3) is 5.13 Å². The van der Waals surface area contributed by atoms with Crippen LogP contribution in [0.3, 0.4) is 0 Å². The highest BCUT2D eigenvalue weighted by atomic mass is 32.1. The number of carbonyl (C=O) groups excluding carboxylic acids is 2. The fourth-order valence-electron chi connectivity index (χ4n) is 3.74. The lowest BCUT2D eigenvalue weighted by atomic mass is 10.0. The van der Waals surface area contributed by atoms with Crippen LogP contribution in [0.25, 0.3) is 10.4 Å². The summed E-state index contributed by atoms with van der Waals surface area (Å²) < 4.78 is 38.4. The van der Waals surface area contributed by atoms with Gasteiger partial charge in [0.15, 0.2) is 0 Å². The Morgan fingerprint density at radius 2 is 2.00 bits per heavy atom. The van der Waals surface area contributed by atoms with Gasteiger partial charge in [-0.05, 0) is 47.4 Å². The smallest absolute Gasteiger partial charge is 0.348 e. The van der Waals surface area contributed by atoms with Crippen LogP contribution in [-0.2, 0) is 28.6 Å². The summed E-state index contributed by atoms with van der Waals surface area (Å²) in [5, 5.41) is 8.37. The summed E-state index contributed by atoms with van der Waals surface area (Å²) in [6.45, 7) is 1.89. The Kier molecular flexibility index (Phi) is 6.48. The molecular formula is C23H22F3N4O2S+. The first-order valence-corrected chi connectivity index (χ1v) is 11.1. The highest BCUT2D eigenvalue weighted by Gasteiger charge is 2.30. The standard InChI is InChI=1S/C23H21F3N4O2S/c1-13(31)29-18(8-14-2-5-17(6-3-14)23(24,25)26)11-27-22-28-12-20(33-22)15-4-7-19-16(9-15)10-21(32)30-19/h2-7,9,12,18H,8,10-11H2,1H3,(H,27,28)(H,29,31)(H,30,32)/p+1. The fourth-order valence-corrected chi connectivity index (χ4v) is 4.60. The van der Waals surface area contributed by atoms with Crippen LogP contribution in [0.5, 0.6) is 0 Å². The number of nitrogens with two attached hydrogens (primary N) is 1. The molecule has 0 fully saturated rings. The van der Waals surface area contributed by atoms with E-state index in [1.807, 2.05) is 23.5 Å². The lowest BCUT2D eigenvalue weighted by Crippen LogP contribution is -2.82. The number of benzene rings is 2. The average molecular weight is 476 g/mol. The van der Waals surface area contributed by atoms with Crippen LogP contribution >= 0.6 is 11.3 Å². The number of amides is 2. The van der Waals surface area contributed by atoms with E-state index in [-0.39, 0.29) is 17.9 Å². The average Bonchev–Trinajstić information content (AvgIpc) is 3.36. The van der Waals surface area contributed by atoms with E-state index in [2.05, 4.69) is 15.6 Å². The van der Waals surface area contributed by atoms with Gasteiger partial charge in [0.1, 0.15) is 6.54 Å². The van der Waals surface area contributed by atoms with Crippen LogP contribution in [0.15, 0.2) is 48.7 Å². The molecule has 33 heavy (non-hydrogen) atoms. The first-order valence-electron chi connectivity index (χ1n) is 10.3. The van der Waals surface area contributed by atoms with E-state index in [1.54, 1.807) is 6.20 Å². The van der Waals surface area contributed by atoms with Gasteiger partial charge in [0.2, 0.25) is 11.8 Å². The van der Waals surface area contributed by atoms with Crippen LogP contribution in [0.1, 0.15) is 23.6 Å². The second-order valence-corrected chi connectivity index (χ2v) is 8.96. The Morgan fingerprint density at radius 3 is 2.70 bits per heavy atom. The van der Waals surface area contributed by atoms with Crippen LogP contribution in [0.4, 0.5) is 24.0 Å². The Hall–Kier alpha value is -3.24. The number of fused-ring (bicyclic) bond motifs is 1. The first kappa shape index (κ1) is 22.9. The van der Waals surface area contributed by atoms with Crippen molar-refractivity contribution in [1.29, 1.82) is 0 Å². The van der Waals surface area contributed by atoms with E-state index in [1.165, 1.54) is 30.4 Å². The first-order chi connectivity index (χ1) is 15.7. The summed E-state index contributed by atoms with van der Waals surface area (Å²) in [4.78, 5) is 28.6. The second kappa shape index (κ2) is 9.32. The van der Waals surface area contributed by atoms with E-state index < -0.39 is 11.7 Å². The summed E-state index contributed by atoms with van der Waals surface area (Å²) in [6.07, 6.45) is -1.84. The number of rotatable bonds is 7. The van der Waals surface area contributed by atoms with Crippen LogP contribution in [0.2, 0.25) is 0 Å². The SMILES string of the molecule is CC(=O)NC(C[NH2+]c1ncc(-c2ccc3c(c2)CC(=O)N3)s1)Cc1ccc(C(F)(F)F)cc1. The van der Waals surface area contributed by atoms with E-state index in [4.69, 9.17) is 0 Å². The van der Waals surface area contributed by atoms with E-state index in [0.29, 0.717) is 24.9 Å². The zero-order chi connectivity index (χ0) is 23.6. The number of thiazole rings is 1. The van der Waals surface area contributed by atoms with Crippen molar-refractivity contribution in [3.05, 3.63) is 65.4 Å². The summed E-state index contributed by atoms with van der Waals surface area (Å²) in [6, 6.07) is 10.5. The summed E-state index contributed by atoms with van der Waals surface area (Å²) >= 11 is 1.49. The third kappa shape index (κ3) is 5.77. The quantitative estimate of drug-likeness (QED) is 0.490. The molecule has 2 heterocycles. The molecule has 0 saturated carbocycles. The molecule has 0 saturated heterocycles. The van der Waals surface area contributed by atoms with Crippen LogP contribution < -0.4 is 16.0 Å². The predicted octanol–water partition coefficient (Wildman–Crippen LogP) is 3.27. The predicted molar refractivity (Wildman–Crippen MR) is 119 cm³/mol. The molecule has 4 rings (SSSR count). The van der Waals surface area contributed by atoms with Crippen molar-refractivity contribution in [1.82, 2.24) is 10.3 Å². The molecule has 2 amide bonds. The number of aromatic nitrogens is 1. The Bertz CT molecular complexity index is 1180. The normalized spacial score (nSPS) is 14.0. The molecule has 0 spiro atoms. The second-order valence-electron chi connectivity index (χ2n) is 7.90. The number of nitrogens with zero attached hydrogens (tertiary/aromatic N) is 1. The van der Waals surface area contributed by atoms with Crippen molar-refractivity contribution in [3.63, 3.8) is 0 Å². The zero-order valence-corrected chi connectivity index (χ0v) is 18.5. The zero-order valence-electron chi connectivity index (χ0n) is 17.7. The highest BCUT2D eigenvalue weighted by Crippen LogP contribution is 2.32. The number of halogens is 3. The number of alkyl halides is 3. The van der Waals surface area contributed by atoms with Gasteiger partial charge in [-0.1, -0.05) is 29.5 Å². The highest BCUT2D eigenvalue weighted by molar-refractivity contribution is 7.18. The molecule has 3 aromatic rings. The number of carbonyl (C=O) groups is 2.